The van der Waals surface area contributed by atoms with Crippen LogP contribution < -0.4 is 0 Å². The highest BCUT2D eigenvalue weighted by molar-refractivity contribution is 7.79. The standard InChI is InChI=1S/2C20H44N.H2O4S/c2*1-5-7-8-9-10-11-12-13-14-15-16-17-18-19-20-21(3,4)6-2;1-5(2,3)4/h2*5-20H2,1-4H3;(H2,1,2,3,4)/q2*+1;/p-2. The molecule has 0 atom stereocenters. The molecule has 47 heavy (non-hydrogen) atoms. The third-order valence-electron chi connectivity index (χ3n) is 9.95. The molecule has 0 unspecified atom stereocenters. The molecule has 6 nitrogen and oxygen atoms in total. The van der Waals surface area contributed by atoms with Crippen LogP contribution in [0.4, 0.5) is 0 Å². The summed E-state index contributed by atoms with van der Waals surface area (Å²) in [4.78, 5) is 0. The van der Waals surface area contributed by atoms with Gasteiger partial charge in [-0.3, -0.25) is 8.42 Å². The van der Waals surface area contributed by atoms with Gasteiger partial charge in [0.05, 0.1) is 54.4 Å². The van der Waals surface area contributed by atoms with Crippen LogP contribution in [0.1, 0.15) is 207 Å². The van der Waals surface area contributed by atoms with Crippen molar-refractivity contribution in [2.75, 3.05) is 54.4 Å². The second-order valence-corrected chi connectivity index (χ2v) is 16.4. The van der Waals surface area contributed by atoms with E-state index in [2.05, 4.69) is 55.9 Å². The molecule has 0 aliphatic heterocycles. The Morgan fingerprint density at radius 3 is 0.638 bits per heavy atom. The van der Waals surface area contributed by atoms with Gasteiger partial charge in [0, 0.05) is 10.4 Å². The summed E-state index contributed by atoms with van der Waals surface area (Å²) in [6, 6.07) is 0. The highest BCUT2D eigenvalue weighted by Gasteiger charge is 2.10. The van der Waals surface area contributed by atoms with Gasteiger partial charge in [0.15, 0.2) is 0 Å². The van der Waals surface area contributed by atoms with Gasteiger partial charge in [-0.25, -0.2) is 0 Å². The van der Waals surface area contributed by atoms with E-state index in [0.717, 1.165) is 0 Å². The maximum absolute atomic E-state index is 8.52. The fourth-order valence-electron chi connectivity index (χ4n) is 5.78. The molecule has 7 heteroatoms. The molecule has 0 aromatic rings. The zero-order valence-electron chi connectivity index (χ0n) is 33.6. The van der Waals surface area contributed by atoms with Crippen LogP contribution in [0.25, 0.3) is 0 Å². The van der Waals surface area contributed by atoms with Crippen LogP contribution in [0.15, 0.2) is 0 Å². The van der Waals surface area contributed by atoms with Gasteiger partial charge in [0.25, 0.3) is 0 Å². The maximum Gasteiger partial charge on any atom is 0.0782 e. The Kier molecular flexibility index (Phi) is 40.3. The first-order chi connectivity index (χ1) is 22.2. The predicted molar refractivity (Wildman–Crippen MR) is 206 cm³/mol. The Morgan fingerprint density at radius 2 is 0.489 bits per heavy atom. The molecule has 0 saturated carbocycles. The minimum Gasteiger partial charge on any atom is -0.759 e. The van der Waals surface area contributed by atoms with E-state index >= 15 is 0 Å². The molecule has 0 heterocycles. The average Bonchev–Trinajstić information content (AvgIpc) is 3.01. The lowest BCUT2D eigenvalue weighted by atomic mass is 10.0. The van der Waals surface area contributed by atoms with Crippen LogP contribution in [-0.4, -0.2) is 80.9 Å². The average molecular weight is 693 g/mol. The molecule has 0 rings (SSSR count). The van der Waals surface area contributed by atoms with Crippen molar-refractivity contribution in [1.29, 1.82) is 0 Å². The first-order valence-corrected chi connectivity index (χ1v) is 21.9. The van der Waals surface area contributed by atoms with Gasteiger partial charge in [0.2, 0.25) is 0 Å². The lowest BCUT2D eigenvalue weighted by Gasteiger charge is -2.28. The summed E-state index contributed by atoms with van der Waals surface area (Å²) in [5.41, 5.74) is 0. The SMILES string of the molecule is CCCCCCCCCCCCCCCC[N+](C)(C)CC.CCCCCCCCCCCCCCCC[N+](C)(C)CC.O=S(=O)([O-])[O-]. The van der Waals surface area contributed by atoms with Crippen molar-refractivity contribution in [1.82, 2.24) is 0 Å². The number of hydrogen-bond donors (Lipinski definition) is 0. The molecule has 0 bridgehead atoms. The zero-order valence-corrected chi connectivity index (χ0v) is 34.4. The molecular weight excluding hydrogens is 605 g/mol. The molecular formula is C40H88N2O4S. The van der Waals surface area contributed by atoms with Crippen molar-refractivity contribution in [3.05, 3.63) is 0 Å². The van der Waals surface area contributed by atoms with Gasteiger partial charge in [-0.15, -0.1) is 0 Å². The van der Waals surface area contributed by atoms with Gasteiger partial charge >= 0.3 is 0 Å². The van der Waals surface area contributed by atoms with Gasteiger partial charge in [-0.1, -0.05) is 168 Å². The summed E-state index contributed by atoms with van der Waals surface area (Å²) in [5.74, 6) is 0. The molecule has 0 amide bonds. The zero-order chi connectivity index (χ0) is 36.1. The molecule has 0 aromatic heterocycles. The minimum absolute atomic E-state index is 1.19. The molecule has 0 aliphatic rings. The summed E-state index contributed by atoms with van der Waals surface area (Å²) in [6.45, 7) is 14.4. The second kappa shape index (κ2) is 37.1. The van der Waals surface area contributed by atoms with Crippen molar-refractivity contribution in [3.8, 4) is 0 Å². The van der Waals surface area contributed by atoms with Crippen LogP contribution in [-0.2, 0) is 10.4 Å². The summed E-state index contributed by atoms with van der Waals surface area (Å²) < 4.78 is 36.5. The van der Waals surface area contributed by atoms with Crippen LogP contribution >= 0.6 is 0 Å². The lowest BCUT2D eigenvalue weighted by Crippen LogP contribution is -2.39. The lowest BCUT2D eigenvalue weighted by molar-refractivity contribution is -0.888. The van der Waals surface area contributed by atoms with Crippen LogP contribution in [0.5, 0.6) is 0 Å². The molecule has 0 spiro atoms. The predicted octanol–water partition coefficient (Wildman–Crippen LogP) is 11.8. The van der Waals surface area contributed by atoms with E-state index in [1.54, 1.807) is 0 Å². The van der Waals surface area contributed by atoms with Crippen LogP contribution in [0.2, 0.25) is 0 Å². The Labute approximate surface area is 298 Å². The van der Waals surface area contributed by atoms with Crippen molar-refractivity contribution in [3.63, 3.8) is 0 Å². The first kappa shape index (κ1) is 51.2. The van der Waals surface area contributed by atoms with Crippen LogP contribution in [0.3, 0.4) is 0 Å². The minimum atomic E-state index is -5.17. The third kappa shape index (κ3) is 55.5. The van der Waals surface area contributed by atoms with E-state index < -0.39 is 10.4 Å². The molecule has 288 valence electrons. The quantitative estimate of drug-likeness (QED) is 0.0304. The fraction of sp³-hybridized carbons (Fsp3) is 1.00. The van der Waals surface area contributed by atoms with Crippen molar-refractivity contribution < 1.29 is 26.5 Å². The molecule has 0 N–H and O–H groups in total. The molecule has 0 aliphatic carbocycles. The van der Waals surface area contributed by atoms with Crippen molar-refractivity contribution in [2.45, 2.75) is 207 Å². The summed E-state index contributed by atoms with van der Waals surface area (Å²) in [6.07, 6.45) is 40.8. The highest BCUT2D eigenvalue weighted by atomic mass is 32.3. The van der Waals surface area contributed by atoms with Crippen LogP contribution in [0, 0.1) is 0 Å². The van der Waals surface area contributed by atoms with E-state index in [-0.39, 0.29) is 0 Å². The number of quaternary nitrogens is 2. The Balaban J connectivity index is -0.000000719. The first-order valence-electron chi connectivity index (χ1n) is 20.5. The van der Waals surface area contributed by atoms with Crippen molar-refractivity contribution in [2.24, 2.45) is 0 Å². The van der Waals surface area contributed by atoms with Crippen molar-refractivity contribution >= 4 is 10.4 Å². The van der Waals surface area contributed by atoms with Gasteiger partial charge in [-0.05, 0) is 39.5 Å². The molecule has 0 radical (unpaired) electrons. The van der Waals surface area contributed by atoms with E-state index in [1.165, 1.54) is 215 Å². The van der Waals surface area contributed by atoms with Gasteiger partial charge in [0.1, 0.15) is 0 Å². The van der Waals surface area contributed by atoms with Gasteiger partial charge in [-0.2, -0.15) is 0 Å². The Hall–Kier alpha value is -0.210. The van der Waals surface area contributed by atoms with Gasteiger partial charge < -0.3 is 18.1 Å². The topological polar surface area (TPSA) is 80.3 Å². The fourth-order valence-corrected chi connectivity index (χ4v) is 5.78. The highest BCUT2D eigenvalue weighted by Crippen LogP contribution is 2.15. The Morgan fingerprint density at radius 1 is 0.340 bits per heavy atom. The van der Waals surface area contributed by atoms with E-state index in [0.29, 0.717) is 0 Å². The third-order valence-corrected chi connectivity index (χ3v) is 9.95. The monoisotopic (exact) mass is 693 g/mol. The smallest absolute Gasteiger partial charge is 0.0782 e. The largest absolute Gasteiger partial charge is 0.759 e. The maximum atomic E-state index is 8.52. The summed E-state index contributed by atoms with van der Waals surface area (Å²) in [7, 11) is 4.23. The molecule has 0 fully saturated rings. The normalized spacial score (nSPS) is 12.0. The number of hydrogen-bond acceptors (Lipinski definition) is 4. The molecule has 0 saturated heterocycles. The molecule has 0 aromatic carbocycles. The second-order valence-electron chi connectivity index (χ2n) is 15.6. The summed E-state index contributed by atoms with van der Waals surface area (Å²) in [5, 5.41) is 0. The van der Waals surface area contributed by atoms with E-state index in [1.807, 2.05) is 0 Å². The number of nitrogens with zero attached hydrogens (tertiary/aromatic N) is 2. The van der Waals surface area contributed by atoms with E-state index in [9.17, 15) is 0 Å². The number of unbranched alkanes of at least 4 members (excludes halogenated alkanes) is 26. The number of rotatable bonds is 32. The Bertz CT molecular complexity index is 646. The van der Waals surface area contributed by atoms with E-state index in [4.69, 9.17) is 17.5 Å². The summed E-state index contributed by atoms with van der Waals surface area (Å²) >= 11 is 0.